The molecule has 9 heteroatoms. The van der Waals surface area contributed by atoms with Crippen LogP contribution in [-0.2, 0) is 10.2 Å². The number of carbonyl (C=O) groups excluding carboxylic acids is 3. The molecule has 2 heterocycles. The first kappa shape index (κ1) is 24.8. The third-order valence-electron chi connectivity index (χ3n) is 6.16. The Balaban J connectivity index is 1.54. The number of imide groups is 1. The maximum Gasteiger partial charge on any atom is 0.327 e. The lowest BCUT2D eigenvalue weighted by atomic mass is 9.72. The number of hydrogen-bond acceptors (Lipinski definition) is 5. The van der Waals surface area contributed by atoms with E-state index in [9.17, 15) is 19.5 Å². The fraction of sp³-hybridized carbons (Fsp3) is 0.625. The van der Waals surface area contributed by atoms with E-state index in [-0.39, 0.29) is 43.6 Å². The largest absolute Gasteiger partial charge is 0.491 e. The zero-order chi connectivity index (χ0) is 24.6. The summed E-state index contributed by atoms with van der Waals surface area (Å²) in [6.45, 7) is 11.5. The van der Waals surface area contributed by atoms with E-state index in [0.717, 1.165) is 11.3 Å². The quantitative estimate of drug-likeness (QED) is 0.605. The first-order valence-corrected chi connectivity index (χ1v) is 11.4. The van der Waals surface area contributed by atoms with Gasteiger partial charge < -0.3 is 25.4 Å². The van der Waals surface area contributed by atoms with Gasteiger partial charge in [-0.2, -0.15) is 0 Å². The van der Waals surface area contributed by atoms with Crippen molar-refractivity contribution in [1.82, 2.24) is 14.7 Å². The predicted octanol–water partition coefficient (Wildman–Crippen LogP) is 2.17. The average molecular weight is 461 g/mol. The number of piperazine rings is 1. The molecule has 2 atom stereocenters. The highest BCUT2D eigenvalue weighted by Crippen LogP contribution is 2.36. The van der Waals surface area contributed by atoms with E-state index in [1.165, 1.54) is 15.4 Å². The van der Waals surface area contributed by atoms with E-state index < -0.39 is 30.1 Å². The van der Waals surface area contributed by atoms with E-state index in [0.29, 0.717) is 5.75 Å². The van der Waals surface area contributed by atoms with E-state index in [1.807, 2.05) is 24.3 Å². The maximum absolute atomic E-state index is 12.7. The summed E-state index contributed by atoms with van der Waals surface area (Å²) in [5, 5.41) is 10.4. The molecule has 0 saturated carbocycles. The highest BCUT2D eigenvalue weighted by molar-refractivity contribution is 6.04. The summed E-state index contributed by atoms with van der Waals surface area (Å²) in [4.78, 5) is 40.5. The number of nitrogens with zero attached hydrogens (tertiary/aromatic N) is 3. The van der Waals surface area contributed by atoms with Gasteiger partial charge in [0.05, 0.1) is 13.1 Å². The predicted molar refractivity (Wildman–Crippen MR) is 124 cm³/mol. The molecule has 2 saturated heterocycles. The Morgan fingerprint density at radius 2 is 1.79 bits per heavy atom. The molecule has 0 unspecified atom stereocenters. The molecule has 33 heavy (non-hydrogen) atoms. The van der Waals surface area contributed by atoms with Gasteiger partial charge >= 0.3 is 12.1 Å². The van der Waals surface area contributed by atoms with Gasteiger partial charge in [0.25, 0.3) is 5.91 Å². The maximum atomic E-state index is 12.7. The molecule has 3 rings (SSSR count). The molecule has 0 spiro atoms. The summed E-state index contributed by atoms with van der Waals surface area (Å²) in [5.41, 5.74) is 6.74. The van der Waals surface area contributed by atoms with Crippen molar-refractivity contribution in [2.75, 3.05) is 32.8 Å². The summed E-state index contributed by atoms with van der Waals surface area (Å²) in [6, 6.07) is 5.98. The van der Waals surface area contributed by atoms with Crippen LogP contribution in [0.25, 0.3) is 0 Å². The second kappa shape index (κ2) is 9.21. The van der Waals surface area contributed by atoms with Crippen molar-refractivity contribution >= 4 is 18.0 Å². The zero-order valence-electron chi connectivity index (χ0n) is 20.2. The SMILES string of the molecule is CC(C)(C)CC(C)(C)c1ccc(OC[C@H](O)CN2C(=O)[C@@H]3CN(C(N)=O)CCN3C2=O)cc1. The van der Waals surface area contributed by atoms with Crippen LogP contribution >= 0.6 is 0 Å². The summed E-state index contributed by atoms with van der Waals surface area (Å²) in [6.07, 6.45) is -0.00467. The molecule has 5 amide bonds. The Kier molecular flexibility index (Phi) is 6.93. The zero-order valence-corrected chi connectivity index (χ0v) is 20.2. The number of amides is 5. The molecule has 9 nitrogen and oxygen atoms in total. The van der Waals surface area contributed by atoms with Crippen molar-refractivity contribution < 1.29 is 24.2 Å². The number of rotatable bonds is 7. The van der Waals surface area contributed by atoms with Crippen LogP contribution in [0.1, 0.15) is 46.6 Å². The summed E-state index contributed by atoms with van der Waals surface area (Å²) < 4.78 is 5.70. The van der Waals surface area contributed by atoms with Crippen LogP contribution in [-0.4, -0.2) is 82.7 Å². The van der Waals surface area contributed by atoms with Gasteiger partial charge in [0.2, 0.25) is 0 Å². The number of nitrogens with two attached hydrogens (primary N) is 1. The Morgan fingerprint density at radius 3 is 2.36 bits per heavy atom. The van der Waals surface area contributed by atoms with Gasteiger partial charge in [0.1, 0.15) is 24.5 Å². The number of hydrogen-bond donors (Lipinski definition) is 2. The number of ether oxygens (including phenoxy) is 1. The van der Waals surface area contributed by atoms with Crippen LogP contribution in [0.4, 0.5) is 9.59 Å². The lowest BCUT2D eigenvalue weighted by Gasteiger charge is -2.34. The summed E-state index contributed by atoms with van der Waals surface area (Å²) in [7, 11) is 0. The third-order valence-corrected chi connectivity index (χ3v) is 6.16. The highest BCUT2D eigenvalue weighted by Gasteiger charge is 2.48. The fourth-order valence-corrected chi connectivity index (χ4v) is 4.91. The number of urea groups is 2. The fourth-order valence-electron chi connectivity index (χ4n) is 4.91. The van der Waals surface area contributed by atoms with Gasteiger partial charge in [0.15, 0.2) is 0 Å². The number of aliphatic hydroxyl groups is 1. The van der Waals surface area contributed by atoms with Gasteiger partial charge in [-0.1, -0.05) is 46.8 Å². The molecule has 0 radical (unpaired) electrons. The molecule has 2 aliphatic heterocycles. The van der Waals surface area contributed by atoms with Gasteiger partial charge in [-0.25, -0.2) is 9.59 Å². The van der Waals surface area contributed by atoms with Crippen LogP contribution in [0.2, 0.25) is 0 Å². The molecule has 2 aliphatic rings. The molecule has 0 aliphatic carbocycles. The normalized spacial score (nSPS) is 20.2. The van der Waals surface area contributed by atoms with Crippen LogP contribution in [0, 0.1) is 5.41 Å². The molecular formula is C24H36N4O5. The molecule has 1 aromatic carbocycles. The van der Waals surface area contributed by atoms with Crippen LogP contribution in [0.15, 0.2) is 24.3 Å². The second-order valence-corrected chi connectivity index (χ2v) is 10.8. The standard InChI is InChI=1S/C24H36N4O5/c1-23(2,3)15-24(4,5)16-6-8-18(9-7-16)33-14-17(29)12-28-20(30)19-13-26(21(25)31)10-11-27(19)22(28)32/h6-9,17,19,29H,10-15H2,1-5H3,(H2,25,31)/t17-,19+/m1/s1. The first-order chi connectivity index (χ1) is 15.3. The molecule has 0 bridgehead atoms. The minimum Gasteiger partial charge on any atom is -0.491 e. The average Bonchev–Trinajstić information content (AvgIpc) is 2.95. The van der Waals surface area contributed by atoms with Crippen LogP contribution in [0.5, 0.6) is 5.75 Å². The second-order valence-electron chi connectivity index (χ2n) is 10.8. The summed E-state index contributed by atoms with van der Waals surface area (Å²) >= 11 is 0. The monoisotopic (exact) mass is 460 g/mol. The van der Waals surface area contributed by atoms with E-state index >= 15 is 0 Å². The van der Waals surface area contributed by atoms with Crippen molar-refractivity contribution in [2.45, 2.75) is 58.6 Å². The molecular weight excluding hydrogens is 424 g/mol. The van der Waals surface area contributed by atoms with Gasteiger partial charge in [-0.3, -0.25) is 9.69 Å². The van der Waals surface area contributed by atoms with E-state index in [4.69, 9.17) is 10.5 Å². The van der Waals surface area contributed by atoms with Crippen LogP contribution < -0.4 is 10.5 Å². The minimum atomic E-state index is -1.04. The van der Waals surface area contributed by atoms with Crippen molar-refractivity contribution in [3.8, 4) is 5.75 Å². The minimum absolute atomic E-state index is 0.0168. The van der Waals surface area contributed by atoms with Gasteiger partial charge in [-0.05, 0) is 34.9 Å². The highest BCUT2D eigenvalue weighted by atomic mass is 16.5. The van der Waals surface area contributed by atoms with Crippen molar-refractivity contribution in [3.05, 3.63) is 29.8 Å². The topological polar surface area (TPSA) is 116 Å². The Hall–Kier alpha value is -2.81. The molecule has 2 fully saturated rings. The lowest BCUT2D eigenvalue weighted by molar-refractivity contribution is -0.130. The lowest BCUT2D eigenvalue weighted by Crippen LogP contribution is -2.55. The smallest absolute Gasteiger partial charge is 0.327 e. The molecule has 182 valence electrons. The number of carbonyl (C=O) groups is 3. The number of aliphatic hydroxyl groups excluding tert-OH is 1. The Morgan fingerprint density at radius 1 is 1.15 bits per heavy atom. The van der Waals surface area contributed by atoms with Crippen molar-refractivity contribution in [1.29, 1.82) is 0 Å². The third kappa shape index (κ3) is 5.76. The van der Waals surface area contributed by atoms with Gasteiger partial charge in [0, 0.05) is 13.1 Å². The number of fused-ring (bicyclic) bond motifs is 1. The Labute approximate surface area is 195 Å². The Bertz CT molecular complexity index is 893. The number of primary amides is 1. The van der Waals surface area contributed by atoms with E-state index in [2.05, 4.69) is 34.6 Å². The van der Waals surface area contributed by atoms with Crippen molar-refractivity contribution in [3.63, 3.8) is 0 Å². The van der Waals surface area contributed by atoms with E-state index in [1.54, 1.807) is 0 Å². The molecule has 1 aromatic rings. The van der Waals surface area contributed by atoms with Crippen molar-refractivity contribution in [2.24, 2.45) is 11.1 Å². The summed E-state index contributed by atoms with van der Waals surface area (Å²) in [5.74, 6) is 0.174. The first-order valence-electron chi connectivity index (χ1n) is 11.4. The number of benzene rings is 1. The molecule has 3 N–H and O–H groups in total. The van der Waals surface area contributed by atoms with Crippen LogP contribution in [0.3, 0.4) is 0 Å². The molecule has 0 aromatic heterocycles. The van der Waals surface area contributed by atoms with Gasteiger partial charge in [-0.15, -0.1) is 0 Å². The number of β-amino-alcohol motifs (C(OH)–C–C–N with tert-alkyl or cyclic N) is 1.